The smallest absolute Gasteiger partial charge is 0.264 e. The summed E-state index contributed by atoms with van der Waals surface area (Å²) in [6.07, 6.45) is 0.257. The molecule has 8 nitrogen and oxygen atoms in total. The first-order chi connectivity index (χ1) is 21.6. The predicted octanol–water partition coefficient (Wildman–Crippen LogP) is 6.13. The average molecular weight is 693 g/mol. The molecule has 10 heteroatoms. The lowest BCUT2D eigenvalue weighted by Crippen LogP contribution is -2.53. The van der Waals surface area contributed by atoms with Gasteiger partial charge in [0.25, 0.3) is 10.0 Å². The van der Waals surface area contributed by atoms with Crippen LogP contribution in [0, 0.1) is 6.92 Å². The molecule has 4 aromatic carbocycles. The van der Waals surface area contributed by atoms with Crippen molar-refractivity contribution in [3.8, 4) is 5.75 Å². The van der Waals surface area contributed by atoms with E-state index in [1.807, 2.05) is 75.4 Å². The monoisotopic (exact) mass is 691 g/mol. The van der Waals surface area contributed by atoms with Gasteiger partial charge in [0.15, 0.2) is 0 Å². The summed E-state index contributed by atoms with van der Waals surface area (Å²) in [5.41, 5.74) is 3.00. The number of nitrogens with one attached hydrogen (secondary N) is 1. The van der Waals surface area contributed by atoms with Crippen molar-refractivity contribution in [3.05, 3.63) is 124 Å². The minimum atomic E-state index is -4.20. The van der Waals surface area contributed by atoms with Crippen LogP contribution in [0.4, 0.5) is 5.69 Å². The largest absolute Gasteiger partial charge is 0.494 e. The third-order valence-corrected chi connectivity index (χ3v) is 9.49. The van der Waals surface area contributed by atoms with Gasteiger partial charge in [-0.2, -0.15) is 0 Å². The summed E-state index contributed by atoms with van der Waals surface area (Å²) in [6, 6.07) is 29.1. The lowest BCUT2D eigenvalue weighted by Gasteiger charge is -2.34. The van der Waals surface area contributed by atoms with Crippen molar-refractivity contribution in [3.63, 3.8) is 0 Å². The highest BCUT2D eigenvalue weighted by molar-refractivity contribution is 9.10. The first-order valence-corrected chi connectivity index (χ1v) is 17.0. The van der Waals surface area contributed by atoms with Crippen LogP contribution in [-0.4, -0.2) is 50.9 Å². The first kappa shape index (κ1) is 33.7. The normalized spacial score (nSPS) is 11.8. The zero-order valence-electron chi connectivity index (χ0n) is 25.6. The molecule has 45 heavy (non-hydrogen) atoms. The first-order valence-electron chi connectivity index (χ1n) is 14.8. The van der Waals surface area contributed by atoms with Gasteiger partial charge in [-0.3, -0.25) is 13.9 Å². The topological polar surface area (TPSA) is 96.0 Å². The molecule has 0 aliphatic heterocycles. The number of benzene rings is 4. The number of rotatable bonds is 14. The van der Waals surface area contributed by atoms with Gasteiger partial charge in [0, 0.05) is 24.0 Å². The predicted molar refractivity (Wildman–Crippen MR) is 181 cm³/mol. The fourth-order valence-electron chi connectivity index (χ4n) is 4.99. The molecule has 1 atom stereocenters. The number of amides is 2. The molecular weight excluding hydrogens is 654 g/mol. The molecule has 4 rings (SSSR count). The molecule has 1 unspecified atom stereocenters. The number of nitrogens with zero attached hydrogens (tertiary/aromatic N) is 2. The number of carbonyl (C=O) groups is 2. The number of hydrogen-bond donors (Lipinski definition) is 1. The summed E-state index contributed by atoms with van der Waals surface area (Å²) in [7, 11) is -4.20. The Kier molecular flexibility index (Phi) is 11.8. The van der Waals surface area contributed by atoms with Crippen LogP contribution in [0.2, 0.25) is 0 Å². The Labute approximate surface area is 274 Å². The van der Waals surface area contributed by atoms with E-state index in [0.717, 1.165) is 25.5 Å². The fourth-order valence-corrected chi connectivity index (χ4v) is 6.67. The van der Waals surface area contributed by atoms with Crippen LogP contribution in [0.25, 0.3) is 0 Å². The van der Waals surface area contributed by atoms with Gasteiger partial charge in [0.2, 0.25) is 11.8 Å². The zero-order valence-corrected chi connectivity index (χ0v) is 28.1. The van der Waals surface area contributed by atoms with Crippen LogP contribution in [-0.2, 0) is 32.6 Å². The van der Waals surface area contributed by atoms with Gasteiger partial charge in [-0.25, -0.2) is 8.42 Å². The van der Waals surface area contributed by atoms with Gasteiger partial charge in [-0.05, 0) is 80.4 Å². The van der Waals surface area contributed by atoms with Crippen LogP contribution in [0.1, 0.15) is 30.5 Å². The third-order valence-electron chi connectivity index (χ3n) is 7.17. The van der Waals surface area contributed by atoms with Crippen LogP contribution in [0.3, 0.4) is 0 Å². The number of ether oxygens (including phenoxy) is 1. The van der Waals surface area contributed by atoms with E-state index in [0.29, 0.717) is 24.6 Å². The quantitative estimate of drug-likeness (QED) is 0.172. The second-order valence-electron chi connectivity index (χ2n) is 10.5. The van der Waals surface area contributed by atoms with E-state index in [9.17, 15) is 18.0 Å². The van der Waals surface area contributed by atoms with Gasteiger partial charge in [0.1, 0.15) is 18.3 Å². The Hall–Kier alpha value is -4.15. The molecule has 0 bridgehead atoms. The number of carbonyl (C=O) groups excluding carboxylic acids is 2. The second-order valence-corrected chi connectivity index (χ2v) is 13.3. The number of likely N-dealkylation sites (N-methyl/N-ethyl adjacent to an activating group) is 1. The summed E-state index contributed by atoms with van der Waals surface area (Å²) in [5, 5.41) is 2.88. The minimum absolute atomic E-state index is 0.0298. The molecule has 0 aliphatic rings. The zero-order chi connectivity index (χ0) is 32.4. The lowest BCUT2D eigenvalue weighted by atomic mass is 10.0. The van der Waals surface area contributed by atoms with Crippen molar-refractivity contribution in [2.24, 2.45) is 0 Å². The minimum Gasteiger partial charge on any atom is -0.494 e. The Morgan fingerprint density at radius 1 is 0.867 bits per heavy atom. The fraction of sp³-hybridized carbons (Fsp3) is 0.257. The second kappa shape index (κ2) is 15.7. The Morgan fingerprint density at radius 3 is 2.16 bits per heavy atom. The molecule has 0 saturated heterocycles. The molecule has 0 radical (unpaired) electrons. The number of aryl methyl sites for hydroxylation is 1. The number of halogens is 1. The van der Waals surface area contributed by atoms with E-state index in [1.54, 1.807) is 36.4 Å². The summed E-state index contributed by atoms with van der Waals surface area (Å²) >= 11 is 3.36. The molecular formula is C35H38BrN3O5S. The highest BCUT2D eigenvalue weighted by Gasteiger charge is 2.34. The SMILES string of the molecule is CCNC(=O)C(Cc1ccccc1)N(Cc1cccc(C)c1)C(=O)CN(c1ccc(OCC)cc1)S(=O)(=O)c1ccc(Br)cc1. The Morgan fingerprint density at radius 2 is 1.53 bits per heavy atom. The van der Waals surface area contributed by atoms with E-state index in [2.05, 4.69) is 21.2 Å². The van der Waals surface area contributed by atoms with E-state index in [4.69, 9.17) is 4.74 Å². The lowest BCUT2D eigenvalue weighted by molar-refractivity contribution is -0.140. The van der Waals surface area contributed by atoms with Crippen LogP contribution in [0.5, 0.6) is 5.75 Å². The van der Waals surface area contributed by atoms with Gasteiger partial charge in [-0.15, -0.1) is 0 Å². The summed E-state index contributed by atoms with van der Waals surface area (Å²) in [5.74, 6) is -0.252. The van der Waals surface area contributed by atoms with Crippen molar-refractivity contribution < 1.29 is 22.7 Å². The molecule has 0 heterocycles. The van der Waals surface area contributed by atoms with Crippen LogP contribution in [0.15, 0.2) is 112 Å². The maximum absolute atomic E-state index is 14.5. The molecule has 0 saturated carbocycles. The Bertz CT molecular complexity index is 1680. The Balaban J connectivity index is 1.79. The maximum atomic E-state index is 14.5. The van der Waals surface area contributed by atoms with Gasteiger partial charge >= 0.3 is 0 Å². The molecule has 4 aromatic rings. The van der Waals surface area contributed by atoms with Crippen molar-refractivity contribution in [2.45, 2.75) is 44.7 Å². The average Bonchev–Trinajstić information content (AvgIpc) is 3.03. The third kappa shape index (κ3) is 8.95. The molecule has 0 fully saturated rings. The van der Waals surface area contributed by atoms with E-state index in [1.165, 1.54) is 17.0 Å². The van der Waals surface area contributed by atoms with Crippen molar-refractivity contribution in [1.82, 2.24) is 10.2 Å². The molecule has 0 aliphatic carbocycles. The molecule has 0 spiro atoms. The number of sulfonamides is 1. The van der Waals surface area contributed by atoms with E-state index in [-0.39, 0.29) is 23.8 Å². The standard InChI is InChI=1S/C35H38BrN3O5S/c1-4-37-35(41)33(23-27-11-7-6-8-12-27)38(24-28-13-9-10-26(3)22-28)34(40)25-39(30-16-18-31(19-17-30)44-5-2)45(42,43)32-20-14-29(36)15-21-32/h6-22,33H,4-5,23-25H2,1-3H3,(H,37,41). The molecule has 1 N–H and O–H groups in total. The highest BCUT2D eigenvalue weighted by Crippen LogP contribution is 2.28. The summed E-state index contributed by atoms with van der Waals surface area (Å²) in [6.45, 7) is 6.07. The van der Waals surface area contributed by atoms with Crippen molar-refractivity contribution in [2.75, 3.05) is 24.0 Å². The van der Waals surface area contributed by atoms with Gasteiger partial charge in [0.05, 0.1) is 17.2 Å². The highest BCUT2D eigenvalue weighted by atomic mass is 79.9. The maximum Gasteiger partial charge on any atom is 0.264 e. The van der Waals surface area contributed by atoms with E-state index < -0.39 is 28.5 Å². The number of anilines is 1. The van der Waals surface area contributed by atoms with E-state index >= 15 is 0 Å². The van der Waals surface area contributed by atoms with Crippen LogP contribution >= 0.6 is 15.9 Å². The number of hydrogen-bond acceptors (Lipinski definition) is 5. The summed E-state index contributed by atoms with van der Waals surface area (Å²) in [4.78, 5) is 29.6. The molecule has 236 valence electrons. The molecule has 0 aromatic heterocycles. The molecule has 2 amide bonds. The van der Waals surface area contributed by atoms with Crippen LogP contribution < -0.4 is 14.4 Å². The van der Waals surface area contributed by atoms with Gasteiger partial charge < -0.3 is 15.0 Å². The summed E-state index contributed by atoms with van der Waals surface area (Å²) < 4.78 is 35.7. The van der Waals surface area contributed by atoms with Crippen molar-refractivity contribution >= 4 is 43.5 Å². The van der Waals surface area contributed by atoms with Crippen molar-refractivity contribution in [1.29, 1.82) is 0 Å². The van der Waals surface area contributed by atoms with Gasteiger partial charge in [-0.1, -0.05) is 76.1 Å².